The fraction of sp³-hybridized carbons (Fsp3) is 0.227. The van der Waals surface area contributed by atoms with Gasteiger partial charge in [0, 0.05) is 24.0 Å². The van der Waals surface area contributed by atoms with Crippen LogP contribution in [0.3, 0.4) is 0 Å². The van der Waals surface area contributed by atoms with Crippen LogP contribution in [-0.4, -0.2) is 23.7 Å². The minimum atomic E-state index is -0.0539. The monoisotopic (exact) mass is 392 g/mol. The van der Waals surface area contributed by atoms with E-state index in [0.717, 1.165) is 40.1 Å². The molecule has 0 bridgehead atoms. The topological polar surface area (TPSA) is 91.9 Å². The number of carbonyl (C=O) groups excluding carboxylic acids is 1. The van der Waals surface area contributed by atoms with E-state index in [4.69, 9.17) is 11.1 Å². The average molecular weight is 393 g/mol. The van der Waals surface area contributed by atoms with E-state index in [1.165, 1.54) is 23.1 Å². The smallest absolute Gasteiger partial charge is 0.263 e. The van der Waals surface area contributed by atoms with E-state index in [2.05, 4.69) is 34.6 Å². The van der Waals surface area contributed by atoms with Gasteiger partial charge in [0.25, 0.3) is 5.91 Å². The van der Waals surface area contributed by atoms with Gasteiger partial charge < -0.3 is 16.5 Å². The average Bonchev–Trinajstić information content (AvgIpc) is 3.13. The van der Waals surface area contributed by atoms with Gasteiger partial charge >= 0.3 is 0 Å². The maximum atomic E-state index is 12.0. The summed E-state index contributed by atoms with van der Waals surface area (Å²) in [7, 11) is 0. The molecule has 3 rings (SSSR count). The summed E-state index contributed by atoms with van der Waals surface area (Å²) in [6.45, 7) is 4.52. The molecule has 0 unspecified atom stereocenters. The molecule has 0 aliphatic carbocycles. The predicted molar refractivity (Wildman–Crippen MR) is 116 cm³/mol. The number of amides is 1. The fourth-order valence-corrected chi connectivity index (χ4v) is 3.85. The first-order valence-electron chi connectivity index (χ1n) is 9.19. The van der Waals surface area contributed by atoms with E-state index < -0.39 is 0 Å². The maximum Gasteiger partial charge on any atom is 0.263 e. The van der Waals surface area contributed by atoms with Crippen molar-refractivity contribution in [2.24, 2.45) is 0 Å². The molecule has 5 nitrogen and oxygen atoms in total. The van der Waals surface area contributed by atoms with Crippen molar-refractivity contribution in [3.05, 3.63) is 69.2 Å². The summed E-state index contributed by atoms with van der Waals surface area (Å²) >= 11 is 1.41. The Morgan fingerprint density at radius 1 is 1.21 bits per heavy atom. The quantitative estimate of drug-likeness (QED) is 0.317. The standard InChI is InChI=1S/C22H24N4OS/c1-14-18(9-10-20(24)19(14)12-23)17-7-5-16(6-8-17)4-3-11-25-22(27)21-13-26-15(2)28-21/h5-10,12-13,23H,3-4,11,24H2,1-2H3,(H,25,27). The van der Waals surface area contributed by atoms with Gasteiger partial charge in [0.05, 0.1) is 11.2 Å². The van der Waals surface area contributed by atoms with Crippen LogP contribution in [0.25, 0.3) is 11.1 Å². The second kappa shape index (κ2) is 8.80. The molecule has 6 heteroatoms. The molecule has 0 atom stereocenters. The highest BCUT2D eigenvalue weighted by Gasteiger charge is 2.09. The zero-order valence-corrected chi connectivity index (χ0v) is 16.9. The number of thiazole rings is 1. The van der Waals surface area contributed by atoms with Crippen LogP contribution in [-0.2, 0) is 6.42 Å². The summed E-state index contributed by atoms with van der Waals surface area (Å²) in [6, 6.07) is 12.3. The van der Waals surface area contributed by atoms with Crippen molar-refractivity contribution in [1.82, 2.24) is 10.3 Å². The van der Waals surface area contributed by atoms with E-state index in [-0.39, 0.29) is 5.91 Å². The van der Waals surface area contributed by atoms with Crippen molar-refractivity contribution in [2.45, 2.75) is 26.7 Å². The second-order valence-electron chi connectivity index (χ2n) is 6.69. The van der Waals surface area contributed by atoms with Gasteiger partial charge in [0.15, 0.2) is 0 Å². The number of carbonyl (C=O) groups is 1. The van der Waals surface area contributed by atoms with E-state index in [0.29, 0.717) is 17.1 Å². The Morgan fingerprint density at radius 2 is 1.96 bits per heavy atom. The van der Waals surface area contributed by atoms with Crippen LogP contribution in [0.4, 0.5) is 5.69 Å². The molecule has 0 aliphatic heterocycles. The number of hydrogen-bond donors (Lipinski definition) is 3. The molecule has 28 heavy (non-hydrogen) atoms. The molecule has 1 heterocycles. The number of nitrogens with two attached hydrogens (primary N) is 1. The lowest BCUT2D eigenvalue weighted by Gasteiger charge is -2.12. The number of aromatic nitrogens is 1. The van der Waals surface area contributed by atoms with Crippen LogP contribution in [0.2, 0.25) is 0 Å². The molecule has 3 aromatic rings. The Labute approximate surface area is 169 Å². The van der Waals surface area contributed by atoms with Crippen LogP contribution < -0.4 is 11.1 Å². The number of nitrogens with zero attached hydrogens (tertiary/aromatic N) is 1. The minimum absolute atomic E-state index is 0.0539. The van der Waals surface area contributed by atoms with Gasteiger partial charge in [-0.25, -0.2) is 4.98 Å². The van der Waals surface area contributed by atoms with Crippen molar-refractivity contribution in [1.29, 1.82) is 5.41 Å². The van der Waals surface area contributed by atoms with Gasteiger partial charge in [0.1, 0.15) is 4.88 Å². The molecule has 4 N–H and O–H groups in total. The molecule has 2 aromatic carbocycles. The van der Waals surface area contributed by atoms with Gasteiger partial charge in [0.2, 0.25) is 0 Å². The van der Waals surface area contributed by atoms with Crippen LogP contribution in [0.15, 0.2) is 42.6 Å². The number of hydrogen-bond acceptors (Lipinski definition) is 5. The molecular weight excluding hydrogens is 368 g/mol. The third-order valence-corrected chi connectivity index (χ3v) is 5.64. The molecule has 0 fully saturated rings. The predicted octanol–water partition coefficient (Wildman–Crippen LogP) is 4.37. The van der Waals surface area contributed by atoms with Crippen LogP contribution in [0.1, 0.15) is 37.8 Å². The molecule has 1 amide bonds. The van der Waals surface area contributed by atoms with E-state index in [1.54, 1.807) is 6.20 Å². The van der Waals surface area contributed by atoms with E-state index >= 15 is 0 Å². The molecule has 0 aliphatic rings. The maximum absolute atomic E-state index is 12.0. The van der Waals surface area contributed by atoms with E-state index in [9.17, 15) is 4.79 Å². The van der Waals surface area contributed by atoms with Gasteiger partial charge in [-0.15, -0.1) is 11.3 Å². The first-order chi connectivity index (χ1) is 13.5. The molecule has 144 valence electrons. The van der Waals surface area contributed by atoms with E-state index in [1.807, 2.05) is 26.0 Å². The molecular formula is C22H24N4OS. The highest BCUT2D eigenvalue weighted by Crippen LogP contribution is 2.28. The number of benzene rings is 2. The summed E-state index contributed by atoms with van der Waals surface area (Å²) in [5.74, 6) is -0.0539. The molecule has 0 saturated carbocycles. The highest BCUT2D eigenvalue weighted by atomic mass is 32.1. The van der Waals surface area contributed by atoms with Crippen molar-refractivity contribution in [2.75, 3.05) is 12.3 Å². The van der Waals surface area contributed by atoms with Crippen molar-refractivity contribution in [3.63, 3.8) is 0 Å². The molecule has 1 aromatic heterocycles. The largest absolute Gasteiger partial charge is 0.398 e. The summed E-state index contributed by atoms with van der Waals surface area (Å²) in [4.78, 5) is 16.8. The zero-order valence-electron chi connectivity index (χ0n) is 16.1. The second-order valence-corrected chi connectivity index (χ2v) is 7.92. The van der Waals surface area contributed by atoms with Crippen molar-refractivity contribution >= 4 is 29.1 Å². The van der Waals surface area contributed by atoms with Gasteiger partial charge in [-0.3, -0.25) is 4.79 Å². The third kappa shape index (κ3) is 4.46. The van der Waals surface area contributed by atoms with Gasteiger partial charge in [-0.1, -0.05) is 30.3 Å². The summed E-state index contributed by atoms with van der Waals surface area (Å²) in [5, 5.41) is 11.4. The highest BCUT2D eigenvalue weighted by molar-refractivity contribution is 7.13. The normalized spacial score (nSPS) is 10.6. The first-order valence-corrected chi connectivity index (χ1v) is 10.0. The lowest BCUT2D eigenvalue weighted by atomic mass is 9.94. The first kappa shape index (κ1) is 19.8. The number of rotatable bonds is 7. The Morgan fingerprint density at radius 3 is 2.61 bits per heavy atom. The number of nitrogens with one attached hydrogen (secondary N) is 2. The number of anilines is 1. The number of nitrogen functional groups attached to an aromatic ring is 1. The molecule has 0 saturated heterocycles. The SMILES string of the molecule is Cc1ncc(C(=O)NCCCc2ccc(-c3ccc(N)c(C=N)c3C)cc2)s1. The van der Waals surface area contributed by atoms with Gasteiger partial charge in [-0.2, -0.15) is 0 Å². The van der Waals surface area contributed by atoms with Crippen LogP contribution in [0.5, 0.6) is 0 Å². The fourth-order valence-electron chi connectivity index (χ4n) is 3.15. The van der Waals surface area contributed by atoms with Crippen LogP contribution in [0, 0.1) is 19.3 Å². The lowest BCUT2D eigenvalue weighted by molar-refractivity contribution is 0.0957. The lowest BCUT2D eigenvalue weighted by Crippen LogP contribution is -2.23. The van der Waals surface area contributed by atoms with Crippen LogP contribution >= 0.6 is 11.3 Å². The Balaban J connectivity index is 1.56. The molecule has 0 spiro atoms. The third-order valence-electron chi connectivity index (χ3n) is 4.73. The minimum Gasteiger partial charge on any atom is -0.398 e. The Kier molecular flexibility index (Phi) is 6.21. The van der Waals surface area contributed by atoms with Gasteiger partial charge in [-0.05, 0) is 55.0 Å². The summed E-state index contributed by atoms with van der Waals surface area (Å²) < 4.78 is 0. The zero-order chi connectivity index (χ0) is 20.1. The number of aryl methyl sites for hydroxylation is 2. The van der Waals surface area contributed by atoms with Crippen molar-refractivity contribution in [3.8, 4) is 11.1 Å². The Bertz CT molecular complexity index is 992. The summed E-state index contributed by atoms with van der Waals surface area (Å²) in [6.07, 6.45) is 4.71. The Hall–Kier alpha value is -2.99. The molecule has 0 radical (unpaired) electrons. The summed E-state index contributed by atoms with van der Waals surface area (Å²) in [5.41, 5.74) is 11.8. The van der Waals surface area contributed by atoms with Crippen molar-refractivity contribution < 1.29 is 4.79 Å².